The summed E-state index contributed by atoms with van der Waals surface area (Å²) < 4.78 is 14.1. The fourth-order valence-electron chi connectivity index (χ4n) is 2.00. The molecule has 1 aromatic heterocycles. The van der Waals surface area contributed by atoms with Crippen molar-refractivity contribution >= 4 is 11.7 Å². The molecule has 7 heteroatoms. The number of fused-ring (bicyclic) bond motifs is 2. The highest BCUT2D eigenvalue weighted by atomic mass is 19.1. The molecule has 0 saturated carbocycles. The summed E-state index contributed by atoms with van der Waals surface area (Å²) in [6.07, 6.45) is 3.20. The van der Waals surface area contributed by atoms with Crippen LogP contribution in [-0.2, 0) is 0 Å². The van der Waals surface area contributed by atoms with E-state index in [4.69, 9.17) is 0 Å². The number of amides is 2. The van der Waals surface area contributed by atoms with E-state index in [-0.39, 0.29) is 6.04 Å². The van der Waals surface area contributed by atoms with Gasteiger partial charge in [-0.05, 0) is 6.08 Å². The summed E-state index contributed by atoms with van der Waals surface area (Å²) in [7, 11) is 0. The topological polar surface area (TPSA) is 61.6 Å². The van der Waals surface area contributed by atoms with Crippen molar-refractivity contribution in [1.29, 1.82) is 0 Å². The molecule has 0 aliphatic carbocycles. The summed E-state index contributed by atoms with van der Waals surface area (Å²) in [4.78, 5) is 12.9. The van der Waals surface area contributed by atoms with Crippen molar-refractivity contribution < 1.29 is 14.4 Å². The highest BCUT2D eigenvalue weighted by Crippen LogP contribution is 2.24. The molecule has 3 rings (SSSR count). The van der Waals surface area contributed by atoms with Crippen molar-refractivity contribution in [3.63, 3.8) is 0 Å². The van der Waals surface area contributed by atoms with Gasteiger partial charge in [-0.15, -0.1) is 5.10 Å². The van der Waals surface area contributed by atoms with E-state index in [0.717, 1.165) is 0 Å². The van der Waals surface area contributed by atoms with Crippen LogP contribution in [0.2, 0.25) is 0 Å². The monoisotopic (exact) mass is 224 g/mol. The van der Waals surface area contributed by atoms with Crippen LogP contribution in [-0.4, -0.2) is 50.1 Å². The molecule has 1 unspecified atom stereocenters. The first-order valence-corrected chi connectivity index (χ1v) is 4.84. The molecule has 6 nitrogen and oxygen atoms in total. The molecule has 2 amide bonds. The Morgan fingerprint density at radius 1 is 1.56 bits per heavy atom. The maximum atomic E-state index is 12.7. The summed E-state index contributed by atoms with van der Waals surface area (Å²) in [5.41, 5.74) is 0.685. The first-order chi connectivity index (χ1) is 7.65. The van der Waals surface area contributed by atoms with E-state index in [1.165, 1.54) is 21.8 Å². The second-order valence-electron chi connectivity index (χ2n) is 3.82. The molecule has 2 bridgehead atoms. The lowest BCUT2D eigenvalue weighted by molar-refractivity contribution is -0.0450. The van der Waals surface area contributed by atoms with Gasteiger partial charge in [0.25, 0.3) is 0 Å². The molecule has 2 aliphatic heterocycles. The molecule has 1 N–H and O–H groups in total. The number of urea groups is 1. The molecule has 84 valence electrons. The maximum Gasteiger partial charge on any atom is 0.344 e. The van der Waals surface area contributed by atoms with Gasteiger partial charge in [-0.1, -0.05) is 0 Å². The van der Waals surface area contributed by atoms with Crippen LogP contribution in [0.25, 0.3) is 5.70 Å². The van der Waals surface area contributed by atoms with Crippen LogP contribution in [0, 0.1) is 5.95 Å². The predicted molar refractivity (Wildman–Crippen MR) is 50.8 cm³/mol. The third-order valence-corrected chi connectivity index (χ3v) is 2.78. The van der Waals surface area contributed by atoms with Gasteiger partial charge < -0.3 is 4.90 Å². The zero-order valence-corrected chi connectivity index (χ0v) is 8.25. The van der Waals surface area contributed by atoms with Crippen molar-refractivity contribution in [1.82, 2.24) is 19.7 Å². The molecule has 0 radical (unpaired) electrons. The van der Waals surface area contributed by atoms with E-state index in [1.807, 2.05) is 0 Å². The Balaban J connectivity index is 1.95. The Hall–Kier alpha value is -1.89. The van der Waals surface area contributed by atoms with Gasteiger partial charge in [-0.25, -0.2) is 9.48 Å². The Kier molecular flexibility index (Phi) is 1.78. The number of rotatable bonds is 1. The van der Waals surface area contributed by atoms with Crippen LogP contribution in [0.1, 0.15) is 0 Å². The van der Waals surface area contributed by atoms with Crippen LogP contribution in [0.3, 0.4) is 0 Å². The zero-order chi connectivity index (χ0) is 11.3. The van der Waals surface area contributed by atoms with Crippen molar-refractivity contribution in [2.24, 2.45) is 0 Å². The van der Waals surface area contributed by atoms with E-state index in [2.05, 4.69) is 5.10 Å². The lowest BCUT2D eigenvalue weighted by Gasteiger charge is -2.20. The second-order valence-corrected chi connectivity index (χ2v) is 3.82. The number of hydrogen-bond acceptors (Lipinski definition) is 3. The number of hydrogen-bond donors (Lipinski definition) is 1. The first kappa shape index (κ1) is 9.34. The second kappa shape index (κ2) is 3.05. The summed E-state index contributed by atoms with van der Waals surface area (Å²) in [6.45, 7) is 0.788. The fraction of sp³-hybridized carbons (Fsp3) is 0.333. The van der Waals surface area contributed by atoms with Gasteiger partial charge in [0.15, 0.2) is 0 Å². The Morgan fingerprint density at radius 2 is 2.38 bits per heavy atom. The molecule has 1 fully saturated rings. The average molecular weight is 224 g/mol. The molecular formula is C9H9FN4O2. The quantitative estimate of drug-likeness (QED) is 0.701. The summed E-state index contributed by atoms with van der Waals surface area (Å²) >= 11 is 0. The van der Waals surface area contributed by atoms with Gasteiger partial charge in [0, 0.05) is 18.8 Å². The highest BCUT2D eigenvalue weighted by molar-refractivity contribution is 5.79. The summed E-state index contributed by atoms with van der Waals surface area (Å²) in [5, 5.41) is 13.7. The molecule has 0 spiro atoms. The predicted octanol–water partition coefficient (Wildman–Crippen LogP) is 0.372. The third kappa shape index (κ3) is 1.21. The fourth-order valence-corrected chi connectivity index (χ4v) is 2.00. The van der Waals surface area contributed by atoms with Crippen molar-refractivity contribution in [2.45, 2.75) is 6.04 Å². The zero-order valence-electron chi connectivity index (χ0n) is 8.25. The lowest BCUT2D eigenvalue weighted by Crippen LogP contribution is -2.31. The molecule has 1 atom stereocenters. The van der Waals surface area contributed by atoms with Crippen molar-refractivity contribution in [3.05, 3.63) is 24.3 Å². The smallest absolute Gasteiger partial charge is 0.314 e. The van der Waals surface area contributed by atoms with Crippen LogP contribution >= 0.6 is 0 Å². The lowest BCUT2D eigenvalue weighted by atomic mass is 10.2. The van der Waals surface area contributed by atoms with Gasteiger partial charge in [0.1, 0.15) is 0 Å². The Morgan fingerprint density at radius 3 is 3.00 bits per heavy atom. The number of aromatic nitrogens is 2. The van der Waals surface area contributed by atoms with Crippen LogP contribution in [0.4, 0.5) is 9.18 Å². The third-order valence-electron chi connectivity index (χ3n) is 2.78. The Labute approximate surface area is 90.1 Å². The average Bonchev–Trinajstić information content (AvgIpc) is 2.79. The van der Waals surface area contributed by atoms with E-state index in [9.17, 15) is 14.4 Å². The minimum Gasteiger partial charge on any atom is -0.314 e. The maximum absolute atomic E-state index is 12.7. The van der Waals surface area contributed by atoms with E-state index in [1.54, 1.807) is 6.08 Å². The van der Waals surface area contributed by atoms with E-state index < -0.39 is 12.0 Å². The molecule has 0 aromatic carbocycles. The molecule has 1 aromatic rings. The number of carbonyl (C=O) groups is 1. The molecule has 16 heavy (non-hydrogen) atoms. The molecular weight excluding hydrogens is 215 g/mol. The van der Waals surface area contributed by atoms with Gasteiger partial charge >= 0.3 is 6.03 Å². The normalized spacial score (nSPS) is 24.0. The largest absolute Gasteiger partial charge is 0.344 e. The van der Waals surface area contributed by atoms with Gasteiger partial charge in [0.2, 0.25) is 5.95 Å². The minimum atomic E-state index is -0.569. The van der Waals surface area contributed by atoms with E-state index >= 15 is 0 Å². The van der Waals surface area contributed by atoms with Crippen LogP contribution in [0.15, 0.2) is 18.3 Å². The molecule has 2 aliphatic rings. The van der Waals surface area contributed by atoms with Gasteiger partial charge in [0.05, 0.1) is 18.3 Å². The van der Waals surface area contributed by atoms with Crippen molar-refractivity contribution in [2.75, 3.05) is 13.1 Å². The van der Waals surface area contributed by atoms with Gasteiger partial charge in [-0.3, -0.25) is 5.21 Å². The number of nitrogens with zero attached hydrogens (tertiary/aromatic N) is 4. The number of halogens is 1. The Bertz CT molecular complexity index is 484. The standard InChI is InChI=1S/C9H9FN4O2/c10-8-1-2-13(11-8)6-3-7-5-12(4-6)9(15)14(7)16/h1-3,7,16H,4-5H2. The summed E-state index contributed by atoms with van der Waals surface area (Å²) in [5.74, 6) is -0.569. The van der Waals surface area contributed by atoms with E-state index in [0.29, 0.717) is 23.8 Å². The molecule has 1 saturated heterocycles. The molecule has 3 heterocycles. The first-order valence-electron chi connectivity index (χ1n) is 4.84. The number of carbonyl (C=O) groups excluding carboxylic acids is 1. The highest BCUT2D eigenvalue weighted by Gasteiger charge is 2.39. The SMILES string of the molecule is O=C1N2CC(n3ccc(F)n3)=CC(C2)N1O. The van der Waals surface area contributed by atoms with Crippen LogP contribution < -0.4 is 0 Å². The van der Waals surface area contributed by atoms with Crippen LogP contribution in [0.5, 0.6) is 0 Å². The number of hydroxylamine groups is 2. The summed E-state index contributed by atoms with van der Waals surface area (Å²) in [6, 6.07) is 0.443. The van der Waals surface area contributed by atoms with Gasteiger partial charge in [-0.2, -0.15) is 9.45 Å². The minimum absolute atomic E-state index is 0.327. The van der Waals surface area contributed by atoms with Crippen molar-refractivity contribution in [3.8, 4) is 0 Å².